The van der Waals surface area contributed by atoms with Crippen molar-refractivity contribution < 1.29 is 5.11 Å². The molecule has 26 heavy (non-hydrogen) atoms. The van der Waals surface area contributed by atoms with Crippen molar-refractivity contribution in [1.29, 1.82) is 0 Å². The van der Waals surface area contributed by atoms with E-state index >= 15 is 0 Å². The van der Waals surface area contributed by atoms with E-state index in [0.29, 0.717) is 0 Å². The van der Waals surface area contributed by atoms with E-state index in [-0.39, 0.29) is 6.10 Å². The molecular weight excluding hydrogens is 320 g/mol. The van der Waals surface area contributed by atoms with Crippen LogP contribution in [0, 0.1) is 13.8 Å². The van der Waals surface area contributed by atoms with Crippen LogP contribution >= 0.6 is 0 Å². The van der Waals surface area contributed by atoms with Crippen LogP contribution in [-0.4, -0.2) is 34.2 Å². The number of aromatic nitrogens is 1. The Morgan fingerprint density at radius 1 is 1.00 bits per heavy atom. The lowest BCUT2D eigenvalue weighted by molar-refractivity contribution is 0.0793. The normalized spacial score (nSPS) is 16.3. The van der Waals surface area contributed by atoms with Gasteiger partial charge in [0.15, 0.2) is 0 Å². The molecule has 3 aromatic rings. The minimum atomic E-state index is -0.139. The minimum Gasteiger partial charge on any atom is -0.393 e. The number of benzene rings is 2. The lowest BCUT2D eigenvalue weighted by Crippen LogP contribution is -2.35. The number of hydrogen-bond acceptors (Lipinski definition) is 3. The van der Waals surface area contributed by atoms with Crippen molar-refractivity contribution in [3.8, 4) is 11.3 Å². The number of fused-ring (bicyclic) bond motifs is 1. The predicted molar refractivity (Wildman–Crippen MR) is 107 cm³/mol. The second-order valence-electron chi connectivity index (χ2n) is 7.57. The molecule has 0 atom stereocenters. The summed E-state index contributed by atoms with van der Waals surface area (Å²) in [5.41, 5.74) is 7.07. The highest BCUT2D eigenvalue weighted by atomic mass is 16.3. The fourth-order valence-corrected chi connectivity index (χ4v) is 3.80. The van der Waals surface area contributed by atoms with Crippen LogP contribution in [0.1, 0.15) is 29.5 Å². The Hall–Kier alpha value is -2.23. The summed E-state index contributed by atoms with van der Waals surface area (Å²) in [5, 5.41) is 11.0. The first-order valence-corrected chi connectivity index (χ1v) is 9.46. The van der Waals surface area contributed by atoms with Crippen LogP contribution in [0.4, 0.5) is 0 Å². The van der Waals surface area contributed by atoms with E-state index in [2.05, 4.69) is 67.3 Å². The van der Waals surface area contributed by atoms with E-state index in [1.54, 1.807) is 0 Å². The molecule has 3 heteroatoms. The van der Waals surface area contributed by atoms with Crippen molar-refractivity contribution in [2.75, 3.05) is 13.1 Å². The summed E-state index contributed by atoms with van der Waals surface area (Å²) in [4.78, 5) is 7.49. The lowest BCUT2D eigenvalue weighted by atomic mass is 9.99. The summed E-state index contributed by atoms with van der Waals surface area (Å²) in [5.74, 6) is 0. The van der Waals surface area contributed by atoms with E-state index < -0.39 is 0 Å². The van der Waals surface area contributed by atoms with Crippen molar-refractivity contribution >= 4 is 10.9 Å². The van der Waals surface area contributed by atoms with Gasteiger partial charge in [-0.2, -0.15) is 0 Å². The number of aryl methyl sites for hydroxylation is 2. The van der Waals surface area contributed by atoms with E-state index in [9.17, 15) is 5.11 Å². The molecule has 0 saturated carbocycles. The Morgan fingerprint density at radius 3 is 2.54 bits per heavy atom. The number of nitrogens with zero attached hydrogens (tertiary/aromatic N) is 2. The number of rotatable bonds is 3. The third kappa shape index (κ3) is 3.64. The van der Waals surface area contributed by atoms with Crippen molar-refractivity contribution in [3.63, 3.8) is 0 Å². The molecule has 2 heterocycles. The smallest absolute Gasteiger partial charge is 0.0754 e. The van der Waals surface area contributed by atoms with Crippen LogP contribution in [0.5, 0.6) is 0 Å². The van der Waals surface area contributed by atoms with Gasteiger partial charge >= 0.3 is 0 Å². The summed E-state index contributed by atoms with van der Waals surface area (Å²) in [7, 11) is 0. The molecule has 0 spiro atoms. The molecule has 0 unspecified atom stereocenters. The Balaban J connectivity index is 1.78. The number of piperidine rings is 1. The first-order chi connectivity index (χ1) is 12.6. The zero-order chi connectivity index (χ0) is 18.1. The summed E-state index contributed by atoms with van der Waals surface area (Å²) in [6.45, 7) is 7.01. The topological polar surface area (TPSA) is 36.4 Å². The van der Waals surface area contributed by atoms with Crippen molar-refractivity contribution in [1.82, 2.24) is 9.88 Å². The van der Waals surface area contributed by atoms with Crippen LogP contribution in [0.15, 0.2) is 48.5 Å². The van der Waals surface area contributed by atoms with Gasteiger partial charge < -0.3 is 5.11 Å². The summed E-state index contributed by atoms with van der Waals surface area (Å²) < 4.78 is 0. The standard InChI is InChI=1S/C23H26N2O/c1-16-4-3-5-19(12-16)23-20(15-25-10-8-21(26)9-11-25)14-18-7-6-17(2)13-22(18)24-23/h3-7,12-14,21,26H,8-11,15H2,1-2H3. The summed E-state index contributed by atoms with van der Waals surface area (Å²) >= 11 is 0. The van der Waals surface area contributed by atoms with Crippen molar-refractivity contribution in [3.05, 3.63) is 65.2 Å². The maximum atomic E-state index is 9.78. The Kier molecular flexibility index (Phi) is 4.75. The predicted octanol–water partition coefficient (Wildman–Crippen LogP) is 4.48. The third-order valence-corrected chi connectivity index (χ3v) is 5.29. The molecule has 1 aliphatic rings. The van der Waals surface area contributed by atoms with Gasteiger partial charge in [0.1, 0.15) is 0 Å². The van der Waals surface area contributed by atoms with Crippen LogP contribution in [0.3, 0.4) is 0 Å². The quantitative estimate of drug-likeness (QED) is 0.760. The zero-order valence-electron chi connectivity index (χ0n) is 15.6. The van der Waals surface area contributed by atoms with Gasteiger partial charge in [0.2, 0.25) is 0 Å². The van der Waals surface area contributed by atoms with E-state index in [1.807, 2.05) is 0 Å². The molecule has 2 aromatic carbocycles. The van der Waals surface area contributed by atoms with Crippen LogP contribution < -0.4 is 0 Å². The number of aliphatic hydroxyl groups is 1. The molecule has 0 aliphatic carbocycles. The average Bonchev–Trinajstić information content (AvgIpc) is 2.63. The maximum absolute atomic E-state index is 9.78. The molecule has 4 rings (SSSR count). The van der Waals surface area contributed by atoms with E-state index in [1.165, 1.54) is 27.6 Å². The van der Waals surface area contributed by atoms with Crippen molar-refractivity contribution in [2.45, 2.75) is 39.3 Å². The highest BCUT2D eigenvalue weighted by Crippen LogP contribution is 2.28. The first kappa shape index (κ1) is 17.2. The fraction of sp³-hybridized carbons (Fsp3) is 0.348. The summed E-state index contributed by atoms with van der Waals surface area (Å²) in [6.07, 6.45) is 1.58. The molecule has 134 valence electrons. The van der Waals surface area contributed by atoms with Crippen LogP contribution in [0.2, 0.25) is 0 Å². The van der Waals surface area contributed by atoms with Gasteiger partial charge in [0.25, 0.3) is 0 Å². The van der Waals surface area contributed by atoms with Crippen LogP contribution in [-0.2, 0) is 6.54 Å². The van der Waals surface area contributed by atoms with Crippen molar-refractivity contribution in [2.24, 2.45) is 0 Å². The van der Waals surface area contributed by atoms with Gasteiger partial charge in [-0.25, -0.2) is 4.98 Å². The lowest BCUT2D eigenvalue weighted by Gasteiger charge is -2.30. The molecule has 1 aliphatic heterocycles. The molecule has 1 saturated heterocycles. The monoisotopic (exact) mass is 346 g/mol. The highest BCUT2D eigenvalue weighted by Gasteiger charge is 2.19. The second-order valence-corrected chi connectivity index (χ2v) is 7.57. The van der Waals surface area contributed by atoms with Gasteiger partial charge in [-0.15, -0.1) is 0 Å². The van der Waals surface area contributed by atoms with E-state index in [4.69, 9.17) is 4.98 Å². The third-order valence-electron chi connectivity index (χ3n) is 5.29. The Bertz CT molecular complexity index is 927. The van der Waals surface area contributed by atoms with Gasteiger partial charge in [0.05, 0.1) is 17.3 Å². The first-order valence-electron chi connectivity index (χ1n) is 9.46. The Labute approximate surface area is 155 Å². The van der Waals surface area contributed by atoms with Gasteiger partial charge in [-0.3, -0.25) is 4.90 Å². The molecular formula is C23H26N2O. The molecule has 0 radical (unpaired) electrons. The number of likely N-dealkylation sites (tertiary alicyclic amines) is 1. The zero-order valence-corrected chi connectivity index (χ0v) is 15.6. The minimum absolute atomic E-state index is 0.139. The molecule has 1 aromatic heterocycles. The highest BCUT2D eigenvalue weighted by molar-refractivity contribution is 5.84. The van der Waals surface area contributed by atoms with Gasteiger partial charge in [-0.05, 0) is 56.0 Å². The summed E-state index contributed by atoms with van der Waals surface area (Å²) in [6, 6.07) is 17.4. The molecule has 1 N–H and O–H groups in total. The van der Waals surface area contributed by atoms with Crippen LogP contribution in [0.25, 0.3) is 22.2 Å². The number of hydrogen-bond donors (Lipinski definition) is 1. The largest absolute Gasteiger partial charge is 0.393 e. The maximum Gasteiger partial charge on any atom is 0.0754 e. The van der Waals surface area contributed by atoms with Gasteiger partial charge in [0, 0.05) is 30.6 Å². The number of pyridine rings is 1. The Morgan fingerprint density at radius 2 is 1.77 bits per heavy atom. The fourth-order valence-electron chi connectivity index (χ4n) is 3.80. The number of aliphatic hydroxyl groups excluding tert-OH is 1. The molecule has 0 bridgehead atoms. The van der Waals surface area contributed by atoms with Gasteiger partial charge in [-0.1, -0.05) is 35.9 Å². The molecule has 0 amide bonds. The average molecular weight is 346 g/mol. The molecule has 3 nitrogen and oxygen atoms in total. The SMILES string of the molecule is Cc1cccc(-c2nc3cc(C)ccc3cc2CN2CCC(O)CC2)c1. The van der Waals surface area contributed by atoms with E-state index in [0.717, 1.165) is 43.7 Å². The second kappa shape index (κ2) is 7.18. The molecule has 1 fully saturated rings.